The Labute approximate surface area is 84.0 Å². The lowest BCUT2D eigenvalue weighted by Crippen LogP contribution is -2.22. The van der Waals surface area contributed by atoms with E-state index >= 15 is 0 Å². The lowest BCUT2D eigenvalue weighted by molar-refractivity contribution is 0.240. The van der Waals surface area contributed by atoms with E-state index in [1.54, 1.807) is 0 Å². The van der Waals surface area contributed by atoms with Crippen LogP contribution in [0.5, 0.6) is 0 Å². The minimum atomic E-state index is 0.429. The minimum Gasteiger partial charge on any atom is -0.373 e. The van der Waals surface area contributed by atoms with E-state index in [1.807, 2.05) is 0 Å². The third-order valence-electron chi connectivity index (χ3n) is 2.65. The predicted octanol–water partition coefficient (Wildman–Crippen LogP) is 3.22. The van der Waals surface area contributed by atoms with Crippen molar-refractivity contribution in [3.63, 3.8) is 0 Å². The molecule has 1 aliphatic rings. The zero-order valence-electron chi connectivity index (χ0n) is 8.27. The molecule has 2 unspecified atom stereocenters. The van der Waals surface area contributed by atoms with Crippen molar-refractivity contribution in [2.75, 3.05) is 11.9 Å². The molecule has 2 heteroatoms. The maximum absolute atomic E-state index is 5.20. The zero-order valence-corrected chi connectivity index (χ0v) is 9.86. The molecule has 2 atom stereocenters. The van der Waals surface area contributed by atoms with E-state index in [2.05, 4.69) is 36.7 Å². The second-order valence-corrected chi connectivity index (χ2v) is 5.40. The van der Waals surface area contributed by atoms with E-state index in [0.29, 0.717) is 11.5 Å². The first kappa shape index (κ1) is 10.5. The van der Waals surface area contributed by atoms with Crippen molar-refractivity contribution in [3.8, 4) is 0 Å². The summed E-state index contributed by atoms with van der Waals surface area (Å²) in [5.41, 5.74) is 0.429. The van der Waals surface area contributed by atoms with E-state index in [-0.39, 0.29) is 0 Å². The third kappa shape index (κ3) is 3.44. The first-order valence-corrected chi connectivity index (χ1v) is 5.83. The Morgan fingerprint density at radius 2 is 2.08 bits per heavy atom. The maximum atomic E-state index is 5.20. The summed E-state index contributed by atoms with van der Waals surface area (Å²) in [5.74, 6) is 0.779. The number of alkyl halides is 1. The summed E-state index contributed by atoms with van der Waals surface area (Å²) >= 11 is 3.58. The van der Waals surface area contributed by atoms with Crippen molar-refractivity contribution < 1.29 is 4.74 Å². The number of rotatable bonds is 4. The summed E-state index contributed by atoms with van der Waals surface area (Å²) in [4.78, 5) is 0. The first-order valence-electron chi connectivity index (χ1n) is 4.71. The molecule has 0 aromatic rings. The van der Waals surface area contributed by atoms with Gasteiger partial charge < -0.3 is 4.74 Å². The molecule has 0 N–H and O–H groups in total. The average molecular weight is 235 g/mol. The van der Waals surface area contributed by atoms with Crippen LogP contribution in [-0.4, -0.2) is 18.0 Å². The van der Waals surface area contributed by atoms with Crippen LogP contribution in [0, 0.1) is 11.3 Å². The summed E-state index contributed by atoms with van der Waals surface area (Å²) in [5, 5.41) is 1.11. The summed E-state index contributed by atoms with van der Waals surface area (Å²) in [6.07, 6.45) is 3.13. The molecule has 0 aromatic carbocycles. The Morgan fingerprint density at radius 1 is 1.50 bits per heavy atom. The fourth-order valence-corrected chi connectivity index (χ4v) is 2.66. The lowest BCUT2D eigenvalue weighted by Gasteiger charge is -2.28. The van der Waals surface area contributed by atoms with Gasteiger partial charge in [-0.25, -0.2) is 0 Å². The molecule has 1 saturated heterocycles. The van der Waals surface area contributed by atoms with Crippen LogP contribution in [0.2, 0.25) is 0 Å². The molecule has 0 bridgehead atoms. The van der Waals surface area contributed by atoms with Crippen LogP contribution in [-0.2, 0) is 4.74 Å². The van der Waals surface area contributed by atoms with Crippen molar-refractivity contribution in [2.24, 2.45) is 11.3 Å². The van der Waals surface area contributed by atoms with Crippen LogP contribution in [0.1, 0.15) is 33.6 Å². The molecule has 0 spiro atoms. The van der Waals surface area contributed by atoms with Crippen molar-refractivity contribution >= 4 is 15.9 Å². The van der Waals surface area contributed by atoms with Crippen LogP contribution in [0.25, 0.3) is 0 Å². The van der Waals surface area contributed by atoms with E-state index in [1.165, 1.54) is 12.8 Å². The van der Waals surface area contributed by atoms with Gasteiger partial charge in [0.2, 0.25) is 0 Å². The molecule has 0 saturated carbocycles. The third-order valence-corrected chi connectivity index (χ3v) is 3.43. The number of epoxide rings is 1. The Kier molecular flexibility index (Phi) is 3.59. The molecule has 0 aromatic heterocycles. The van der Waals surface area contributed by atoms with E-state index in [9.17, 15) is 0 Å². The van der Waals surface area contributed by atoms with Crippen molar-refractivity contribution in [1.29, 1.82) is 0 Å². The maximum Gasteiger partial charge on any atom is 0.0810 e. The Hall–Kier alpha value is 0.440. The smallest absolute Gasteiger partial charge is 0.0810 e. The van der Waals surface area contributed by atoms with Crippen LogP contribution in [0.4, 0.5) is 0 Å². The van der Waals surface area contributed by atoms with E-state index in [4.69, 9.17) is 4.74 Å². The van der Waals surface area contributed by atoms with Crippen molar-refractivity contribution in [2.45, 2.75) is 39.7 Å². The van der Waals surface area contributed by atoms with Crippen molar-refractivity contribution in [3.05, 3.63) is 0 Å². The van der Waals surface area contributed by atoms with Gasteiger partial charge in [-0.15, -0.1) is 0 Å². The highest BCUT2D eigenvalue weighted by molar-refractivity contribution is 9.09. The van der Waals surface area contributed by atoms with Crippen LogP contribution in [0.15, 0.2) is 0 Å². The number of hydrogen-bond acceptors (Lipinski definition) is 1. The Balaban J connectivity index is 2.23. The molecule has 0 aliphatic carbocycles. The second-order valence-electron chi connectivity index (χ2n) is 4.75. The Bertz CT molecular complexity index is 135. The Morgan fingerprint density at radius 3 is 2.42 bits per heavy atom. The molecule has 1 heterocycles. The van der Waals surface area contributed by atoms with Gasteiger partial charge in [0.1, 0.15) is 0 Å². The molecule has 72 valence electrons. The molecule has 0 radical (unpaired) electrons. The van der Waals surface area contributed by atoms with Gasteiger partial charge >= 0.3 is 0 Å². The van der Waals surface area contributed by atoms with Gasteiger partial charge in [0.15, 0.2) is 0 Å². The quantitative estimate of drug-likeness (QED) is 0.538. The lowest BCUT2D eigenvalue weighted by atomic mass is 9.79. The van der Waals surface area contributed by atoms with Gasteiger partial charge in [-0.3, -0.25) is 0 Å². The molecular formula is C10H19BrO. The van der Waals surface area contributed by atoms with Gasteiger partial charge in [-0.1, -0.05) is 36.7 Å². The van der Waals surface area contributed by atoms with Crippen LogP contribution in [0.3, 0.4) is 0 Å². The highest BCUT2D eigenvalue weighted by Gasteiger charge is 2.28. The largest absolute Gasteiger partial charge is 0.373 e. The molecule has 0 amide bonds. The van der Waals surface area contributed by atoms with E-state index in [0.717, 1.165) is 17.9 Å². The van der Waals surface area contributed by atoms with Gasteiger partial charge in [-0.05, 0) is 24.2 Å². The summed E-state index contributed by atoms with van der Waals surface area (Å²) in [6.45, 7) is 7.94. The van der Waals surface area contributed by atoms with E-state index < -0.39 is 0 Å². The minimum absolute atomic E-state index is 0.429. The normalized spacial score (nSPS) is 25.5. The average Bonchev–Trinajstić information content (AvgIpc) is 2.69. The zero-order chi connectivity index (χ0) is 9.19. The highest BCUT2D eigenvalue weighted by atomic mass is 79.9. The second kappa shape index (κ2) is 4.10. The van der Waals surface area contributed by atoms with Crippen molar-refractivity contribution in [1.82, 2.24) is 0 Å². The topological polar surface area (TPSA) is 12.5 Å². The first-order chi connectivity index (χ1) is 5.54. The molecule has 1 fully saturated rings. The molecule has 1 rings (SSSR count). The fraction of sp³-hybridized carbons (Fsp3) is 1.00. The SMILES string of the molecule is CC(C)(C)C(CBr)CCC1CO1. The molecule has 1 aliphatic heterocycles. The van der Waals surface area contributed by atoms with Gasteiger partial charge in [0, 0.05) is 5.33 Å². The summed E-state index contributed by atoms with van der Waals surface area (Å²) < 4.78 is 5.20. The summed E-state index contributed by atoms with van der Waals surface area (Å²) in [7, 11) is 0. The van der Waals surface area contributed by atoms with Gasteiger partial charge in [0.25, 0.3) is 0 Å². The number of hydrogen-bond donors (Lipinski definition) is 0. The molecular weight excluding hydrogens is 216 g/mol. The van der Waals surface area contributed by atoms with Gasteiger partial charge in [-0.2, -0.15) is 0 Å². The summed E-state index contributed by atoms with van der Waals surface area (Å²) in [6, 6.07) is 0. The van der Waals surface area contributed by atoms with Crippen LogP contribution >= 0.6 is 15.9 Å². The standard InChI is InChI=1S/C10H19BrO/c1-10(2,3)8(6-11)4-5-9-7-12-9/h8-9H,4-7H2,1-3H3. The fourth-order valence-electron chi connectivity index (χ4n) is 1.36. The highest BCUT2D eigenvalue weighted by Crippen LogP contribution is 2.33. The van der Waals surface area contributed by atoms with Gasteiger partial charge in [0.05, 0.1) is 12.7 Å². The molecule has 12 heavy (non-hydrogen) atoms. The van der Waals surface area contributed by atoms with Crippen LogP contribution < -0.4 is 0 Å². The molecule has 1 nitrogen and oxygen atoms in total. The number of ether oxygens (including phenoxy) is 1. The number of halogens is 1. The monoisotopic (exact) mass is 234 g/mol. The predicted molar refractivity (Wildman–Crippen MR) is 55.7 cm³/mol.